The molecule has 1 heterocycles. The van der Waals surface area contributed by atoms with Gasteiger partial charge in [0.15, 0.2) is 0 Å². The number of hydrogen-bond acceptors (Lipinski definition) is 3. The average Bonchev–Trinajstić information content (AvgIpc) is 3.07. The Kier molecular flexibility index (Phi) is 4.37. The van der Waals surface area contributed by atoms with E-state index >= 15 is 0 Å². The Morgan fingerprint density at radius 2 is 1.73 bits per heavy atom. The van der Waals surface area contributed by atoms with Crippen LogP contribution in [0.1, 0.15) is 65.7 Å². The summed E-state index contributed by atoms with van der Waals surface area (Å²) >= 11 is 0. The SMILES string of the molecule is CC(C)(C)NC(=O)CN1CC2(CC(CNC(=O)C34CCC(CC3)C4)C2)C1. The number of amides is 2. The normalized spacial score (nSPS) is 33.0. The van der Waals surface area contributed by atoms with Gasteiger partial charge in [0.05, 0.1) is 6.54 Å². The summed E-state index contributed by atoms with van der Waals surface area (Å²) in [5.41, 5.74) is 0.277. The topological polar surface area (TPSA) is 61.4 Å². The van der Waals surface area contributed by atoms with Crippen molar-refractivity contribution in [2.45, 2.75) is 71.3 Å². The Labute approximate surface area is 157 Å². The molecule has 0 aromatic carbocycles. The van der Waals surface area contributed by atoms with E-state index in [4.69, 9.17) is 0 Å². The number of nitrogens with one attached hydrogen (secondary N) is 2. The van der Waals surface area contributed by atoms with Gasteiger partial charge in [-0.1, -0.05) is 0 Å². The smallest absolute Gasteiger partial charge is 0.234 e. The monoisotopic (exact) mass is 361 g/mol. The van der Waals surface area contributed by atoms with Crippen LogP contribution in [0.4, 0.5) is 0 Å². The number of carbonyl (C=O) groups excluding carboxylic acids is 2. The highest BCUT2D eigenvalue weighted by Gasteiger charge is 2.53. The van der Waals surface area contributed by atoms with E-state index in [1.54, 1.807) is 0 Å². The van der Waals surface area contributed by atoms with Crippen LogP contribution in [0.5, 0.6) is 0 Å². The third-order valence-corrected chi connectivity index (χ3v) is 7.22. The molecule has 0 aromatic rings. The predicted molar refractivity (Wildman–Crippen MR) is 102 cm³/mol. The first kappa shape index (κ1) is 18.3. The quantitative estimate of drug-likeness (QED) is 0.790. The summed E-state index contributed by atoms with van der Waals surface area (Å²) in [6.45, 7) is 9.52. The molecular weight excluding hydrogens is 326 g/mol. The lowest BCUT2D eigenvalue weighted by molar-refractivity contribution is -0.137. The van der Waals surface area contributed by atoms with Crippen LogP contribution in [0.25, 0.3) is 0 Å². The lowest BCUT2D eigenvalue weighted by Crippen LogP contribution is -2.65. The van der Waals surface area contributed by atoms with E-state index in [1.165, 1.54) is 25.7 Å². The first-order valence-electron chi connectivity index (χ1n) is 10.5. The number of carbonyl (C=O) groups is 2. The third kappa shape index (κ3) is 3.51. The number of hydrogen-bond donors (Lipinski definition) is 2. The molecule has 2 amide bonds. The van der Waals surface area contributed by atoms with Crippen LogP contribution in [-0.2, 0) is 9.59 Å². The van der Waals surface area contributed by atoms with E-state index in [2.05, 4.69) is 15.5 Å². The second-order valence-electron chi connectivity index (χ2n) is 10.9. The fraction of sp³-hybridized carbons (Fsp3) is 0.905. The van der Waals surface area contributed by atoms with Crippen molar-refractivity contribution in [3.05, 3.63) is 0 Å². The summed E-state index contributed by atoms with van der Waals surface area (Å²) in [6, 6.07) is 0. The van der Waals surface area contributed by atoms with Crippen molar-refractivity contribution in [1.82, 2.24) is 15.5 Å². The summed E-state index contributed by atoms with van der Waals surface area (Å²) < 4.78 is 0. The minimum Gasteiger partial charge on any atom is -0.355 e. The molecule has 1 aliphatic heterocycles. The maximum atomic E-state index is 12.6. The zero-order chi connectivity index (χ0) is 18.6. The van der Waals surface area contributed by atoms with Gasteiger partial charge < -0.3 is 10.6 Å². The van der Waals surface area contributed by atoms with Gasteiger partial charge in [0.1, 0.15) is 0 Å². The molecule has 1 spiro atoms. The molecular formula is C21H35N3O2. The van der Waals surface area contributed by atoms with E-state index in [0.29, 0.717) is 23.8 Å². The van der Waals surface area contributed by atoms with Gasteiger partial charge in [0, 0.05) is 30.6 Å². The second-order valence-corrected chi connectivity index (χ2v) is 10.9. The van der Waals surface area contributed by atoms with Gasteiger partial charge in [-0.2, -0.15) is 0 Å². The van der Waals surface area contributed by atoms with Crippen molar-refractivity contribution >= 4 is 11.8 Å². The molecule has 1 saturated heterocycles. The van der Waals surface area contributed by atoms with Crippen molar-refractivity contribution in [1.29, 1.82) is 0 Å². The Morgan fingerprint density at radius 3 is 2.27 bits per heavy atom. The van der Waals surface area contributed by atoms with Crippen LogP contribution in [0.3, 0.4) is 0 Å². The highest BCUT2D eigenvalue weighted by molar-refractivity contribution is 5.83. The summed E-state index contributed by atoms with van der Waals surface area (Å²) in [7, 11) is 0. The lowest BCUT2D eigenvalue weighted by atomic mass is 9.57. The summed E-state index contributed by atoms with van der Waals surface area (Å²) in [6.07, 6.45) is 8.31. The Hall–Kier alpha value is -1.10. The van der Waals surface area contributed by atoms with Gasteiger partial charge in [0.25, 0.3) is 0 Å². The van der Waals surface area contributed by atoms with Crippen LogP contribution in [0.15, 0.2) is 0 Å². The summed E-state index contributed by atoms with van der Waals surface area (Å²) in [4.78, 5) is 26.9. The number of likely N-dealkylation sites (tertiary alicyclic amines) is 1. The minimum absolute atomic E-state index is 0.000212. The molecule has 0 unspecified atom stereocenters. The zero-order valence-electron chi connectivity index (χ0n) is 16.7. The molecule has 0 atom stereocenters. The van der Waals surface area contributed by atoms with Crippen molar-refractivity contribution in [3.8, 4) is 0 Å². The molecule has 5 heteroatoms. The summed E-state index contributed by atoms with van der Waals surface area (Å²) in [5.74, 6) is 1.93. The zero-order valence-corrected chi connectivity index (χ0v) is 16.7. The Bertz CT molecular complexity index is 573. The maximum absolute atomic E-state index is 12.6. The van der Waals surface area contributed by atoms with E-state index < -0.39 is 0 Å². The van der Waals surface area contributed by atoms with Gasteiger partial charge in [-0.25, -0.2) is 0 Å². The first-order valence-corrected chi connectivity index (χ1v) is 10.5. The molecule has 146 valence electrons. The average molecular weight is 362 g/mol. The van der Waals surface area contributed by atoms with Gasteiger partial charge in [-0.05, 0) is 83.0 Å². The van der Waals surface area contributed by atoms with Crippen LogP contribution >= 0.6 is 0 Å². The minimum atomic E-state index is -0.155. The van der Waals surface area contributed by atoms with Crippen molar-refractivity contribution in [2.75, 3.05) is 26.2 Å². The molecule has 0 aromatic heterocycles. The molecule has 5 nitrogen and oxygen atoms in total. The first-order chi connectivity index (χ1) is 12.2. The number of rotatable bonds is 5. The van der Waals surface area contributed by atoms with Gasteiger partial charge in [-0.15, -0.1) is 0 Å². The molecule has 4 fully saturated rings. The molecule has 3 saturated carbocycles. The Balaban J connectivity index is 1.14. The fourth-order valence-electron chi connectivity index (χ4n) is 6.18. The van der Waals surface area contributed by atoms with Gasteiger partial charge in [0.2, 0.25) is 11.8 Å². The molecule has 3 aliphatic carbocycles. The van der Waals surface area contributed by atoms with E-state index in [0.717, 1.165) is 44.8 Å². The van der Waals surface area contributed by atoms with Gasteiger partial charge in [-0.3, -0.25) is 14.5 Å². The van der Waals surface area contributed by atoms with E-state index in [-0.39, 0.29) is 16.9 Å². The second kappa shape index (κ2) is 6.22. The van der Waals surface area contributed by atoms with Gasteiger partial charge >= 0.3 is 0 Å². The molecule has 2 N–H and O–H groups in total. The molecule has 26 heavy (non-hydrogen) atoms. The molecule has 4 rings (SSSR count). The fourth-order valence-corrected chi connectivity index (χ4v) is 6.18. The highest BCUT2D eigenvalue weighted by Crippen LogP contribution is 2.55. The number of nitrogens with zero attached hydrogens (tertiary/aromatic N) is 1. The molecule has 2 bridgehead atoms. The largest absolute Gasteiger partial charge is 0.355 e. The number of fused-ring (bicyclic) bond motifs is 2. The van der Waals surface area contributed by atoms with Crippen molar-refractivity contribution < 1.29 is 9.59 Å². The molecule has 0 radical (unpaired) electrons. The van der Waals surface area contributed by atoms with Crippen LogP contribution < -0.4 is 10.6 Å². The lowest BCUT2D eigenvalue weighted by Gasteiger charge is -2.59. The predicted octanol–water partition coefficient (Wildman–Crippen LogP) is 2.31. The molecule has 4 aliphatic rings. The van der Waals surface area contributed by atoms with Crippen LogP contribution in [0, 0.1) is 22.7 Å². The standard InChI is InChI=1S/C21H35N3O2/c1-19(2,3)23-17(25)12-24-13-20(14-24)8-16(9-20)11-22-18(26)21-6-4-15(10-21)5-7-21/h15-16H,4-14H2,1-3H3,(H,22,26)(H,23,25). The van der Waals surface area contributed by atoms with Crippen molar-refractivity contribution in [2.24, 2.45) is 22.7 Å². The summed E-state index contributed by atoms with van der Waals surface area (Å²) in [5, 5.41) is 6.32. The van der Waals surface area contributed by atoms with E-state index in [1.807, 2.05) is 20.8 Å². The maximum Gasteiger partial charge on any atom is 0.234 e. The highest BCUT2D eigenvalue weighted by atomic mass is 16.2. The van der Waals surface area contributed by atoms with E-state index in [9.17, 15) is 9.59 Å². The third-order valence-electron chi connectivity index (χ3n) is 7.22. The van der Waals surface area contributed by atoms with Crippen molar-refractivity contribution in [3.63, 3.8) is 0 Å². The Morgan fingerprint density at radius 1 is 1.08 bits per heavy atom. The van der Waals surface area contributed by atoms with Crippen LogP contribution in [-0.4, -0.2) is 48.4 Å². The van der Waals surface area contributed by atoms with Crippen LogP contribution in [0.2, 0.25) is 0 Å².